The van der Waals surface area contributed by atoms with E-state index in [4.69, 9.17) is 0 Å². The van der Waals surface area contributed by atoms with Crippen LogP contribution in [0.3, 0.4) is 0 Å². The van der Waals surface area contributed by atoms with Crippen molar-refractivity contribution in [3.05, 3.63) is 97.1 Å². The molecule has 1 heteroatoms. The van der Waals surface area contributed by atoms with Gasteiger partial charge in [0.15, 0.2) is 0 Å². The maximum absolute atomic E-state index is 2.30. The highest BCUT2D eigenvalue weighted by molar-refractivity contribution is 7.99. The molecule has 0 bridgehead atoms. The highest BCUT2D eigenvalue weighted by Crippen LogP contribution is 2.38. The van der Waals surface area contributed by atoms with Gasteiger partial charge in [0.05, 0.1) is 0 Å². The van der Waals surface area contributed by atoms with E-state index in [1.165, 1.54) is 31.7 Å². The summed E-state index contributed by atoms with van der Waals surface area (Å²) in [6.07, 6.45) is 0. The molecule has 0 N–H and O–H groups in total. The summed E-state index contributed by atoms with van der Waals surface area (Å²) in [7, 11) is 0. The Balaban J connectivity index is 1.89. The Kier molecular flexibility index (Phi) is 3.87. The van der Waals surface area contributed by atoms with Crippen LogP contribution in [-0.2, 0) is 0 Å². The predicted octanol–water partition coefficient (Wildman–Crippen LogP) is 6.66. The van der Waals surface area contributed by atoms with Gasteiger partial charge in [-0.3, -0.25) is 0 Å². The van der Waals surface area contributed by atoms with E-state index in [1.807, 2.05) is 11.8 Å². The molecule has 0 saturated carbocycles. The van der Waals surface area contributed by atoms with Crippen LogP contribution in [-0.4, -0.2) is 0 Å². The fraction of sp³-hybridized carbons (Fsp3) is 0. The maximum Gasteiger partial charge on any atom is 0.0207 e. The second kappa shape index (κ2) is 6.31. The first-order valence-electron chi connectivity index (χ1n) is 7.71. The molecular formula is C22H16S. The average molecular weight is 312 g/mol. The van der Waals surface area contributed by atoms with Crippen LogP contribution in [0, 0.1) is 0 Å². The van der Waals surface area contributed by atoms with Crippen LogP contribution in [0.25, 0.3) is 21.9 Å². The van der Waals surface area contributed by atoms with Gasteiger partial charge >= 0.3 is 0 Å². The summed E-state index contributed by atoms with van der Waals surface area (Å²) in [5.41, 5.74) is 2.55. The van der Waals surface area contributed by atoms with Crippen LogP contribution in [0.5, 0.6) is 0 Å². The van der Waals surface area contributed by atoms with Crippen molar-refractivity contribution in [2.24, 2.45) is 0 Å². The van der Waals surface area contributed by atoms with E-state index in [2.05, 4.69) is 97.1 Å². The Bertz CT molecular complexity index is 928. The van der Waals surface area contributed by atoms with E-state index < -0.39 is 0 Å². The fourth-order valence-electron chi connectivity index (χ4n) is 2.76. The topological polar surface area (TPSA) is 0 Å². The Morgan fingerprint density at radius 2 is 1.09 bits per heavy atom. The van der Waals surface area contributed by atoms with Gasteiger partial charge in [0.25, 0.3) is 0 Å². The normalized spacial score (nSPS) is 10.8. The first-order chi connectivity index (χ1) is 11.4. The number of fused-ring (bicyclic) bond motifs is 1. The molecule has 0 spiro atoms. The van der Waals surface area contributed by atoms with E-state index in [0.717, 1.165) is 0 Å². The summed E-state index contributed by atoms with van der Waals surface area (Å²) in [5.74, 6) is 0. The largest absolute Gasteiger partial charge is 0.0894 e. The van der Waals surface area contributed by atoms with Gasteiger partial charge in [-0.15, -0.1) is 0 Å². The quantitative estimate of drug-likeness (QED) is 0.407. The summed E-state index contributed by atoms with van der Waals surface area (Å²) >= 11 is 1.82. The lowest BCUT2D eigenvalue weighted by molar-refractivity contribution is 1.42. The van der Waals surface area contributed by atoms with Crippen LogP contribution < -0.4 is 0 Å². The van der Waals surface area contributed by atoms with Gasteiger partial charge in [0.1, 0.15) is 0 Å². The molecule has 4 aromatic carbocycles. The molecule has 0 amide bonds. The Hall–Kier alpha value is -2.51. The second-order valence-corrected chi connectivity index (χ2v) is 6.59. The summed E-state index contributed by atoms with van der Waals surface area (Å²) in [6.45, 7) is 0. The zero-order chi connectivity index (χ0) is 15.5. The smallest absolute Gasteiger partial charge is 0.0207 e. The lowest BCUT2D eigenvalue weighted by Crippen LogP contribution is -1.84. The van der Waals surface area contributed by atoms with Crippen LogP contribution in [0.2, 0.25) is 0 Å². The zero-order valence-electron chi connectivity index (χ0n) is 12.6. The lowest BCUT2D eigenvalue weighted by atomic mass is 10.0. The predicted molar refractivity (Wildman–Crippen MR) is 99.9 cm³/mol. The molecule has 110 valence electrons. The van der Waals surface area contributed by atoms with E-state index in [9.17, 15) is 0 Å². The Morgan fingerprint density at radius 3 is 1.78 bits per heavy atom. The number of rotatable bonds is 3. The molecule has 0 saturated heterocycles. The van der Waals surface area contributed by atoms with E-state index in [-0.39, 0.29) is 0 Å². The van der Waals surface area contributed by atoms with E-state index in [1.54, 1.807) is 0 Å². The molecule has 4 rings (SSSR count). The standard InChI is InChI=1S/C22H16S/c1-3-9-17(10-4-1)21-15-18-11-7-8-12-19(18)16-22(21)23-20-13-5-2-6-14-20/h1-16H. The fourth-order valence-corrected chi connectivity index (χ4v) is 3.78. The van der Waals surface area contributed by atoms with Crippen molar-refractivity contribution < 1.29 is 0 Å². The van der Waals surface area contributed by atoms with Gasteiger partial charge in [-0.25, -0.2) is 0 Å². The molecule has 0 unspecified atom stereocenters. The van der Waals surface area contributed by atoms with Gasteiger partial charge in [0.2, 0.25) is 0 Å². The highest BCUT2D eigenvalue weighted by atomic mass is 32.2. The SMILES string of the molecule is c1ccc(Sc2cc3ccccc3cc2-c2ccccc2)cc1. The zero-order valence-corrected chi connectivity index (χ0v) is 13.5. The van der Waals surface area contributed by atoms with Gasteiger partial charge in [-0.05, 0) is 46.2 Å². The molecule has 23 heavy (non-hydrogen) atoms. The number of benzene rings is 4. The second-order valence-electron chi connectivity index (χ2n) is 5.48. The van der Waals surface area contributed by atoms with Crippen LogP contribution in [0.1, 0.15) is 0 Å². The maximum atomic E-state index is 2.30. The van der Waals surface area contributed by atoms with Crippen molar-refractivity contribution in [3.8, 4) is 11.1 Å². The molecule has 0 aliphatic carbocycles. The van der Waals surface area contributed by atoms with Crippen molar-refractivity contribution in [2.75, 3.05) is 0 Å². The minimum absolute atomic E-state index is 1.26. The monoisotopic (exact) mass is 312 g/mol. The third-order valence-electron chi connectivity index (χ3n) is 3.90. The summed E-state index contributed by atoms with van der Waals surface area (Å²) in [5, 5.41) is 2.56. The van der Waals surface area contributed by atoms with Crippen molar-refractivity contribution >= 4 is 22.5 Å². The Morgan fingerprint density at radius 1 is 0.522 bits per heavy atom. The minimum atomic E-state index is 1.26. The summed E-state index contributed by atoms with van der Waals surface area (Å²) in [6, 6.07) is 34.3. The van der Waals surface area contributed by atoms with Crippen molar-refractivity contribution in [3.63, 3.8) is 0 Å². The van der Waals surface area contributed by atoms with Crippen molar-refractivity contribution in [2.45, 2.75) is 9.79 Å². The number of hydrogen-bond acceptors (Lipinski definition) is 1. The molecule has 0 radical (unpaired) electrons. The van der Waals surface area contributed by atoms with E-state index in [0.29, 0.717) is 0 Å². The van der Waals surface area contributed by atoms with Gasteiger partial charge in [0, 0.05) is 9.79 Å². The molecule has 4 aromatic rings. The molecule has 0 heterocycles. The first-order valence-corrected chi connectivity index (χ1v) is 8.53. The average Bonchev–Trinajstić information content (AvgIpc) is 2.63. The molecule has 0 aromatic heterocycles. The van der Waals surface area contributed by atoms with Crippen molar-refractivity contribution in [1.82, 2.24) is 0 Å². The number of hydrogen-bond donors (Lipinski definition) is 0. The summed E-state index contributed by atoms with van der Waals surface area (Å²) < 4.78 is 0. The van der Waals surface area contributed by atoms with Crippen LogP contribution in [0.4, 0.5) is 0 Å². The third kappa shape index (κ3) is 3.01. The van der Waals surface area contributed by atoms with Crippen LogP contribution in [0.15, 0.2) is 107 Å². The lowest BCUT2D eigenvalue weighted by Gasteiger charge is -2.12. The minimum Gasteiger partial charge on any atom is -0.0894 e. The Labute approximate surface area is 140 Å². The van der Waals surface area contributed by atoms with Crippen molar-refractivity contribution in [1.29, 1.82) is 0 Å². The molecule has 0 atom stereocenters. The molecule has 0 nitrogen and oxygen atoms in total. The molecular weight excluding hydrogens is 296 g/mol. The third-order valence-corrected chi connectivity index (χ3v) is 4.97. The molecule has 0 fully saturated rings. The van der Waals surface area contributed by atoms with Gasteiger partial charge in [-0.2, -0.15) is 0 Å². The highest BCUT2D eigenvalue weighted by Gasteiger charge is 2.09. The van der Waals surface area contributed by atoms with Gasteiger partial charge in [-0.1, -0.05) is 84.6 Å². The van der Waals surface area contributed by atoms with E-state index >= 15 is 0 Å². The molecule has 0 aliphatic heterocycles. The summed E-state index contributed by atoms with van der Waals surface area (Å²) in [4.78, 5) is 2.56. The first kappa shape index (κ1) is 14.1. The van der Waals surface area contributed by atoms with Gasteiger partial charge < -0.3 is 0 Å². The van der Waals surface area contributed by atoms with Crippen LogP contribution >= 0.6 is 11.8 Å². The molecule has 0 aliphatic rings.